The first-order chi connectivity index (χ1) is 8.06. The molecule has 1 amide bonds. The van der Waals surface area contributed by atoms with Crippen LogP contribution in [-0.4, -0.2) is 28.4 Å². The molecule has 0 aliphatic carbocycles. The number of hydrogen-bond donors (Lipinski definition) is 1. The largest absolute Gasteiger partial charge is 0.481 e. The molecule has 2 radical (unpaired) electrons. The molecule has 1 atom stereocenters. The molecule has 0 spiro atoms. The van der Waals surface area contributed by atoms with Gasteiger partial charge in [0.2, 0.25) is 5.91 Å². The number of hydrogen-bond acceptors (Lipinski definition) is 2. The van der Waals surface area contributed by atoms with E-state index < -0.39 is 11.9 Å². The van der Waals surface area contributed by atoms with Gasteiger partial charge >= 0.3 is 5.97 Å². The SMILES string of the molecule is Cc1cccc(CN2CC(C(=O)O)CC2=O)c1.[V].[V]. The van der Waals surface area contributed by atoms with Crippen LogP contribution in [0.4, 0.5) is 0 Å². The van der Waals surface area contributed by atoms with Crippen LogP contribution < -0.4 is 0 Å². The summed E-state index contributed by atoms with van der Waals surface area (Å²) in [6.45, 7) is 2.82. The summed E-state index contributed by atoms with van der Waals surface area (Å²) in [5.41, 5.74) is 2.19. The van der Waals surface area contributed by atoms with Gasteiger partial charge in [-0.2, -0.15) is 0 Å². The summed E-state index contributed by atoms with van der Waals surface area (Å²) in [6, 6.07) is 7.91. The van der Waals surface area contributed by atoms with Crippen molar-refractivity contribution in [1.29, 1.82) is 0 Å². The third-order valence-electron chi connectivity index (χ3n) is 3.02. The number of rotatable bonds is 3. The number of carbonyl (C=O) groups excluding carboxylic acids is 1. The second-order valence-corrected chi connectivity index (χ2v) is 4.50. The normalized spacial score (nSPS) is 17.6. The smallest absolute Gasteiger partial charge is 0.308 e. The van der Waals surface area contributed by atoms with E-state index in [1.165, 1.54) is 0 Å². The van der Waals surface area contributed by atoms with Crippen LogP contribution in [0.15, 0.2) is 24.3 Å². The topological polar surface area (TPSA) is 57.6 Å². The summed E-state index contributed by atoms with van der Waals surface area (Å²) >= 11 is 0. The summed E-state index contributed by atoms with van der Waals surface area (Å²) in [5.74, 6) is -1.50. The number of amides is 1. The summed E-state index contributed by atoms with van der Waals surface area (Å²) in [7, 11) is 0. The van der Waals surface area contributed by atoms with Gasteiger partial charge in [-0.3, -0.25) is 9.59 Å². The Hall–Kier alpha value is -0.671. The molecule has 1 N–H and O–H groups in total. The number of nitrogens with zero attached hydrogens (tertiary/aromatic N) is 1. The van der Waals surface area contributed by atoms with E-state index in [0.717, 1.165) is 11.1 Å². The molecule has 2 rings (SSSR count). The first-order valence-electron chi connectivity index (χ1n) is 5.62. The number of carboxylic acid groups (broad SMARTS) is 1. The molecule has 19 heavy (non-hydrogen) atoms. The fourth-order valence-corrected chi connectivity index (χ4v) is 2.12. The van der Waals surface area contributed by atoms with Crippen LogP contribution in [-0.2, 0) is 53.2 Å². The molecule has 0 saturated carbocycles. The van der Waals surface area contributed by atoms with Crippen molar-refractivity contribution in [3.8, 4) is 0 Å². The molecule has 6 heteroatoms. The molecule has 0 bridgehead atoms. The van der Waals surface area contributed by atoms with Crippen molar-refractivity contribution >= 4 is 11.9 Å². The molecule has 0 aromatic heterocycles. The Kier molecular flexibility index (Phi) is 7.53. The Morgan fingerprint density at radius 1 is 1.42 bits per heavy atom. The van der Waals surface area contributed by atoms with Gasteiger partial charge in [0.05, 0.1) is 5.92 Å². The van der Waals surface area contributed by atoms with Crippen molar-refractivity contribution < 1.29 is 51.8 Å². The van der Waals surface area contributed by atoms with E-state index in [4.69, 9.17) is 5.11 Å². The van der Waals surface area contributed by atoms with Crippen molar-refractivity contribution in [1.82, 2.24) is 4.90 Å². The fourth-order valence-electron chi connectivity index (χ4n) is 2.12. The Morgan fingerprint density at radius 2 is 2.11 bits per heavy atom. The van der Waals surface area contributed by atoms with Crippen LogP contribution in [0.2, 0.25) is 0 Å². The van der Waals surface area contributed by atoms with Crippen molar-refractivity contribution in [2.75, 3.05) is 6.54 Å². The van der Waals surface area contributed by atoms with Gasteiger partial charge in [0.1, 0.15) is 0 Å². The van der Waals surface area contributed by atoms with E-state index in [-0.39, 0.29) is 49.4 Å². The average Bonchev–Trinajstić information content (AvgIpc) is 2.61. The molecule has 1 aliphatic heterocycles. The third kappa shape index (κ3) is 4.73. The molecular weight excluding hydrogens is 320 g/mol. The van der Waals surface area contributed by atoms with Gasteiger partial charge in [0, 0.05) is 56.6 Å². The van der Waals surface area contributed by atoms with Crippen molar-refractivity contribution in [2.24, 2.45) is 5.92 Å². The van der Waals surface area contributed by atoms with Crippen molar-refractivity contribution in [3.63, 3.8) is 0 Å². The minimum Gasteiger partial charge on any atom is -0.481 e. The van der Waals surface area contributed by atoms with Crippen LogP contribution in [0.25, 0.3) is 0 Å². The zero-order chi connectivity index (χ0) is 12.4. The average molecular weight is 335 g/mol. The quantitative estimate of drug-likeness (QED) is 0.909. The van der Waals surface area contributed by atoms with Gasteiger partial charge < -0.3 is 10.0 Å². The van der Waals surface area contributed by atoms with Gasteiger partial charge in [0.25, 0.3) is 0 Å². The molecule has 1 heterocycles. The molecule has 1 unspecified atom stereocenters. The molecular formula is C13H15NO3V2. The van der Waals surface area contributed by atoms with Crippen LogP contribution in [0.3, 0.4) is 0 Å². The third-order valence-corrected chi connectivity index (χ3v) is 3.02. The zero-order valence-corrected chi connectivity index (χ0v) is 13.4. The Bertz CT molecular complexity index is 465. The molecule has 1 fully saturated rings. The Labute approximate surface area is 136 Å². The summed E-state index contributed by atoms with van der Waals surface area (Å²) in [5, 5.41) is 8.88. The fraction of sp³-hybridized carbons (Fsp3) is 0.385. The maximum Gasteiger partial charge on any atom is 0.308 e. The van der Waals surface area contributed by atoms with E-state index in [1.807, 2.05) is 31.2 Å². The second kappa shape index (κ2) is 7.81. The standard InChI is InChI=1S/C13H15NO3.2V/c1-9-3-2-4-10(5-9)7-14-8-11(13(16)17)6-12(14)15;;/h2-5,11H,6-8H2,1H3,(H,16,17);;. The number of aliphatic carboxylic acids is 1. The number of aryl methyl sites for hydroxylation is 1. The van der Waals surface area contributed by atoms with Gasteiger partial charge in [-0.25, -0.2) is 0 Å². The van der Waals surface area contributed by atoms with Crippen molar-refractivity contribution in [2.45, 2.75) is 19.9 Å². The zero-order valence-electron chi connectivity index (χ0n) is 10.6. The second-order valence-electron chi connectivity index (χ2n) is 4.50. The summed E-state index contributed by atoms with van der Waals surface area (Å²) < 4.78 is 0. The number of carboxylic acids is 1. The predicted octanol–water partition coefficient (Wildman–Crippen LogP) is 1.42. The Balaban J connectivity index is 0.00000162. The number of likely N-dealkylation sites (tertiary alicyclic amines) is 1. The van der Waals surface area contributed by atoms with E-state index in [2.05, 4.69) is 0 Å². The van der Waals surface area contributed by atoms with E-state index in [0.29, 0.717) is 13.1 Å². The molecule has 1 aromatic carbocycles. The summed E-state index contributed by atoms with van der Waals surface area (Å²) in [6.07, 6.45) is 0.126. The van der Waals surface area contributed by atoms with Gasteiger partial charge in [-0.15, -0.1) is 0 Å². The van der Waals surface area contributed by atoms with Crippen LogP contribution in [0.5, 0.6) is 0 Å². The molecule has 100 valence electrons. The summed E-state index contributed by atoms with van der Waals surface area (Å²) in [4.78, 5) is 24.1. The first kappa shape index (κ1) is 18.3. The molecule has 4 nitrogen and oxygen atoms in total. The molecule has 1 saturated heterocycles. The first-order valence-corrected chi connectivity index (χ1v) is 5.62. The van der Waals surface area contributed by atoms with Crippen LogP contribution in [0, 0.1) is 12.8 Å². The van der Waals surface area contributed by atoms with Gasteiger partial charge in [-0.05, 0) is 12.5 Å². The van der Waals surface area contributed by atoms with E-state index >= 15 is 0 Å². The number of carbonyl (C=O) groups is 2. The minimum absolute atomic E-state index is 0. The van der Waals surface area contributed by atoms with Crippen LogP contribution >= 0.6 is 0 Å². The minimum atomic E-state index is -0.884. The van der Waals surface area contributed by atoms with E-state index in [9.17, 15) is 9.59 Å². The monoisotopic (exact) mass is 335 g/mol. The molecule has 1 aromatic rings. The molecule has 1 aliphatic rings. The Morgan fingerprint density at radius 3 is 2.63 bits per heavy atom. The van der Waals surface area contributed by atoms with Gasteiger partial charge in [-0.1, -0.05) is 29.8 Å². The maximum atomic E-state index is 11.6. The predicted molar refractivity (Wildman–Crippen MR) is 62.3 cm³/mol. The van der Waals surface area contributed by atoms with Crippen LogP contribution in [0.1, 0.15) is 17.5 Å². The van der Waals surface area contributed by atoms with E-state index in [1.54, 1.807) is 4.90 Å². The number of benzene rings is 1. The maximum absolute atomic E-state index is 11.6. The van der Waals surface area contributed by atoms with Gasteiger partial charge in [0.15, 0.2) is 0 Å². The van der Waals surface area contributed by atoms with Crippen molar-refractivity contribution in [3.05, 3.63) is 35.4 Å².